The van der Waals surface area contributed by atoms with Crippen molar-refractivity contribution in [3.8, 4) is 11.5 Å². The number of hydrogen-bond acceptors (Lipinski definition) is 4. The largest absolute Gasteiger partial charge is 0.508 e. The summed E-state index contributed by atoms with van der Waals surface area (Å²) in [7, 11) is 3.46. The molecule has 0 atom stereocenters. The summed E-state index contributed by atoms with van der Waals surface area (Å²) >= 11 is 0. The summed E-state index contributed by atoms with van der Waals surface area (Å²) in [5.74, 6) is 1.04. The number of allylic oxidation sites excluding steroid dienone is 1. The molecular formula is C32H38N2O3. The van der Waals surface area contributed by atoms with Gasteiger partial charge in [-0.2, -0.15) is 0 Å². The van der Waals surface area contributed by atoms with Gasteiger partial charge in [0.1, 0.15) is 18.1 Å². The molecule has 0 radical (unpaired) electrons. The zero-order valence-corrected chi connectivity index (χ0v) is 22.3. The van der Waals surface area contributed by atoms with Gasteiger partial charge in [0.05, 0.1) is 0 Å². The van der Waals surface area contributed by atoms with Gasteiger partial charge < -0.3 is 20.1 Å². The van der Waals surface area contributed by atoms with E-state index in [1.54, 1.807) is 32.3 Å². The van der Waals surface area contributed by atoms with Crippen molar-refractivity contribution in [2.75, 3.05) is 33.8 Å². The van der Waals surface area contributed by atoms with E-state index >= 15 is 0 Å². The SMILES string of the molecule is CCC(=C(c1ccc(O)cc1)c1ccc(OCCNCC=CC(=O)N(C)C)cc1)c1ccc(CC)cc1. The number of nitrogens with one attached hydrogen (secondary N) is 1. The number of phenols is 1. The minimum Gasteiger partial charge on any atom is -0.508 e. The summed E-state index contributed by atoms with van der Waals surface area (Å²) in [5.41, 5.74) is 7.09. The summed E-state index contributed by atoms with van der Waals surface area (Å²) < 4.78 is 5.91. The Kier molecular flexibility index (Phi) is 10.5. The van der Waals surface area contributed by atoms with Crippen LogP contribution in [-0.2, 0) is 11.2 Å². The zero-order valence-electron chi connectivity index (χ0n) is 22.3. The highest BCUT2D eigenvalue weighted by atomic mass is 16.5. The molecule has 0 aromatic heterocycles. The monoisotopic (exact) mass is 498 g/mol. The number of aromatic hydroxyl groups is 1. The number of carbonyl (C=O) groups excluding carboxylic acids is 1. The topological polar surface area (TPSA) is 61.8 Å². The van der Waals surface area contributed by atoms with E-state index in [-0.39, 0.29) is 11.7 Å². The van der Waals surface area contributed by atoms with Crippen LogP contribution in [0.25, 0.3) is 11.1 Å². The van der Waals surface area contributed by atoms with Crippen molar-refractivity contribution in [3.05, 3.63) is 107 Å². The van der Waals surface area contributed by atoms with Crippen molar-refractivity contribution in [1.82, 2.24) is 10.2 Å². The number of phenolic OH excluding ortho intramolecular Hbond substituents is 1. The number of aryl methyl sites for hydroxylation is 1. The number of rotatable bonds is 12. The molecule has 0 unspecified atom stereocenters. The maximum atomic E-state index is 11.5. The number of carbonyl (C=O) groups is 1. The standard InChI is InChI=1S/C32H38N2O3/c1-5-24-9-11-25(12-10-24)30(6-2)32(26-13-17-28(35)18-14-26)27-15-19-29(20-16-27)37-23-22-33-21-7-8-31(36)34(3)4/h7-20,33,35H,5-6,21-23H2,1-4H3. The molecule has 0 saturated heterocycles. The number of amides is 1. The molecule has 3 aromatic rings. The van der Waals surface area contributed by atoms with Crippen molar-refractivity contribution in [3.63, 3.8) is 0 Å². The third-order valence-corrected chi connectivity index (χ3v) is 6.18. The lowest BCUT2D eigenvalue weighted by Gasteiger charge is -2.17. The van der Waals surface area contributed by atoms with E-state index in [2.05, 4.69) is 55.6 Å². The van der Waals surface area contributed by atoms with Gasteiger partial charge in [-0.05, 0) is 70.5 Å². The molecule has 0 fully saturated rings. The number of hydrogen-bond donors (Lipinski definition) is 2. The summed E-state index contributed by atoms with van der Waals surface area (Å²) in [4.78, 5) is 13.1. The van der Waals surface area contributed by atoms with Crippen molar-refractivity contribution in [2.45, 2.75) is 26.7 Å². The third kappa shape index (κ3) is 8.09. The minimum atomic E-state index is -0.0249. The smallest absolute Gasteiger partial charge is 0.245 e. The normalized spacial score (nSPS) is 11.9. The lowest BCUT2D eigenvalue weighted by atomic mass is 9.88. The van der Waals surface area contributed by atoms with Crippen LogP contribution < -0.4 is 10.1 Å². The number of ether oxygens (including phenoxy) is 1. The molecule has 0 saturated carbocycles. The van der Waals surface area contributed by atoms with Gasteiger partial charge >= 0.3 is 0 Å². The van der Waals surface area contributed by atoms with Gasteiger partial charge in [0, 0.05) is 33.3 Å². The summed E-state index contributed by atoms with van der Waals surface area (Å²) in [6.45, 7) is 6.16. The van der Waals surface area contributed by atoms with Gasteiger partial charge in [-0.25, -0.2) is 0 Å². The van der Waals surface area contributed by atoms with Gasteiger partial charge in [-0.15, -0.1) is 0 Å². The van der Waals surface area contributed by atoms with Gasteiger partial charge in [0.15, 0.2) is 0 Å². The Morgan fingerprint density at radius 1 is 0.892 bits per heavy atom. The molecule has 5 nitrogen and oxygen atoms in total. The molecule has 0 aliphatic heterocycles. The Labute approximate surface area is 221 Å². The minimum absolute atomic E-state index is 0.0249. The molecular weight excluding hydrogens is 460 g/mol. The molecule has 2 N–H and O–H groups in total. The van der Waals surface area contributed by atoms with Crippen LogP contribution in [0.4, 0.5) is 0 Å². The Morgan fingerprint density at radius 2 is 1.49 bits per heavy atom. The lowest BCUT2D eigenvalue weighted by Crippen LogP contribution is -2.22. The lowest BCUT2D eigenvalue weighted by molar-refractivity contribution is -0.123. The molecule has 3 aromatic carbocycles. The van der Waals surface area contributed by atoms with Crippen LogP contribution in [0.1, 0.15) is 42.5 Å². The van der Waals surface area contributed by atoms with Crippen LogP contribution in [0.2, 0.25) is 0 Å². The van der Waals surface area contributed by atoms with E-state index in [0.717, 1.165) is 35.3 Å². The van der Waals surface area contributed by atoms with Gasteiger partial charge in [0.2, 0.25) is 5.91 Å². The van der Waals surface area contributed by atoms with Crippen molar-refractivity contribution in [2.24, 2.45) is 0 Å². The highest BCUT2D eigenvalue weighted by Gasteiger charge is 2.13. The molecule has 0 spiro atoms. The van der Waals surface area contributed by atoms with Gasteiger partial charge in [-0.3, -0.25) is 4.79 Å². The highest BCUT2D eigenvalue weighted by Crippen LogP contribution is 2.35. The van der Waals surface area contributed by atoms with Crippen molar-refractivity contribution in [1.29, 1.82) is 0 Å². The van der Waals surface area contributed by atoms with E-state index in [1.807, 2.05) is 30.3 Å². The third-order valence-electron chi connectivity index (χ3n) is 6.18. The van der Waals surface area contributed by atoms with Crippen LogP contribution in [0.15, 0.2) is 84.9 Å². The first-order valence-electron chi connectivity index (χ1n) is 12.9. The van der Waals surface area contributed by atoms with E-state index in [4.69, 9.17) is 4.74 Å². The van der Waals surface area contributed by atoms with E-state index in [1.165, 1.54) is 21.6 Å². The summed E-state index contributed by atoms with van der Waals surface area (Å²) in [6, 6.07) is 24.4. The Morgan fingerprint density at radius 3 is 2.05 bits per heavy atom. The molecule has 5 heteroatoms. The number of nitrogens with zero attached hydrogens (tertiary/aromatic N) is 1. The number of benzene rings is 3. The van der Waals surface area contributed by atoms with Crippen LogP contribution >= 0.6 is 0 Å². The maximum absolute atomic E-state index is 11.5. The molecule has 0 aliphatic carbocycles. The second kappa shape index (κ2) is 14.0. The predicted octanol–water partition coefficient (Wildman–Crippen LogP) is 5.94. The molecule has 0 heterocycles. The summed E-state index contributed by atoms with van der Waals surface area (Å²) in [5, 5.41) is 13.1. The first kappa shape index (κ1) is 27.8. The van der Waals surface area contributed by atoms with Crippen LogP contribution in [0.3, 0.4) is 0 Å². The Balaban J connectivity index is 1.75. The van der Waals surface area contributed by atoms with Crippen molar-refractivity contribution >= 4 is 17.1 Å². The average Bonchev–Trinajstić information content (AvgIpc) is 2.92. The van der Waals surface area contributed by atoms with Gasteiger partial charge in [-0.1, -0.05) is 68.5 Å². The predicted molar refractivity (Wildman–Crippen MR) is 153 cm³/mol. The van der Waals surface area contributed by atoms with E-state index in [9.17, 15) is 9.90 Å². The second-order valence-corrected chi connectivity index (χ2v) is 9.02. The first-order valence-corrected chi connectivity index (χ1v) is 12.9. The average molecular weight is 499 g/mol. The summed E-state index contributed by atoms with van der Waals surface area (Å²) in [6.07, 6.45) is 5.27. The van der Waals surface area contributed by atoms with Crippen LogP contribution in [0.5, 0.6) is 11.5 Å². The fourth-order valence-corrected chi connectivity index (χ4v) is 4.06. The van der Waals surface area contributed by atoms with E-state index in [0.29, 0.717) is 19.7 Å². The highest BCUT2D eigenvalue weighted by molar-refractivity contribution is 5.98. The fraction of sp³-hybridized carbons (Fsp3) is 0.281. The first-order chi connectivity index (χ1) is 17.9. The molecule has 1 amide bonds. The second-order valence-electron chi connectivity index (χ2n) is 9.02. The van der Waals surface area contributed by atoms with Crippen molar-refractivity contribution < 1.29 is 14.6 Å². The molecule has 0 aliphatic rings. The zero-order chi connectivity index (χ0) is 26.6. The quantitative estimate of drug-likeness (QED) is 0.184. The Bertz CT molecular complexity index is 1190. The van der Waals surface area contributed by atoms with E-state index < -0.39 is 0 Å². The molecule has 0 bridgehead atoms. The molecule has 194 valence electrons. The van der Waals surface area contributed by atoms with Crippen LogP contribution in [0, 0.1) is 0 Å². The molecule has 37 heavy (non-hydrogen) atoms. The Hall–Kier alpha value is -3.83. The number of likely N-dealkylation sites (N-methyl/N-ethyl adjacent to an activating group) is 1. The van der Waals surface area contributed by atoms with Crippen LogP contribution in [-0.4, -0.2) is 49.7 Å². The maximum Gasteiger partial charge on any atom is 0.245 e. The van der Waals surface area contributed by atoms with Gasteiger partial charge in [0.25, 0.3) is 0 Å². The molecule has 3 rings (SSSR count). The fourth-order valence-electron chi connectivity index (χ4n) is 4.06.